The van der Waals surface area contributed by atoms with Crippen molar-refractivity contribution >= 4 is 0 Å². The van der Waals surface area contributed by atoms with Gasteiger partial charge in [-0.2, -0.15) is 0 Å². The second kappa shape index (κ2) is 7.41. The highest BCUT2D eigenvalue weighted by Crippen LogP contribution is 2.38. The van der Waals surface area contributed by atoms with Crippen LogP contribution in [0.15, 0.2) is 0 Å². The number of piperidine rings is 1. The zero-order chi connectivity index (χ0) is 11.8. The van der Waals surface area contributed by atoms with E-state index in [9.17, 15) is 0 Å². The SMILES string of the molecule is C1CCCCCC2(CCCCC1)CCCNC2. The van der Waals surface area contributed by atoms with Gasteiger partial charge < -0.3 is 5.32 Å². The summed E-state index contributed by atoms with van der Waals surface area (Å²) in [6.07, 6.45) is 19.3. The van der Waals surface area contributed by atoms with Crippen LogP contribution in [0, 0.1) is 5.41 Å². The molecule has 100 valence electrons. The zero-order valence-corrected chi connectivity index (χ0v) is 11.6. The predicted molar refractivity (Wildman–Crippen MR) is 75.3 cm³/mol. The quantitative estimate of drug-likeness (QED) is 0.646. The molecule has 2 fully saturated rings. The monoisotopic (exact) mass is 237 g/mol. The molecule has 0 radical (unpaired) electrons. The molecule has 0 unspecified atom stereocenters. The molecule has 1 saturated heterocycles. The van der Waals surface area contributed by atoms with E-state index in [1.165, 1.54) is 96.6 Å². The Bertz CT molecular complexity index is 180. The van der Waals surface area contributed by atoms with Crippen molar-refractivity contribution in [1.82, 2.24) is 5.32 Å². The third kappa shape index (κ3) is 4.62. The van der Waals surface area contributed by atoms with Gasteiger partial charge in [-0.15, -0.1) is 0 Å². The lowest BCUT2D eigenvalue weighted by atomic mass is 9.72. The number of rotatable bonds is 0. The standard InChI is InChI=1S/C16H31N/c1-2-4-6-8-11-16(12-9-7-5-3-1)13-10-14-17-15-16/h17H,1-15H2. The highest BCUT2D eigenvalue weighted by Gasteiger charge is 2.30. The summed E-state index contributed by atoms with van der Waals surface area (Å²) >= 11 is 0. The van der Waals surface area contributed by atoms with Crippen molar-refractivity contribution in [3.63, 3.8) is 0 Å². The molecule has 1 heteroatoms. The van der Waals surface area contributed by atoms with E-state index in [2.05, 4.69) is 5.32 Å². The van der Waals surface area contributed by atoms with Gasteiger partial charge in [0.1, 0.15) is 0 Å². The number of nitrogens with one attached hydrogen (secondary N) is 1. The Morgan fingerprint density at radius 3 is 1.47 bits per heavy atom. The molecule has 17 heavy (non-hydrogen) atoms. The van der Waals surface area contributed by atoms with Crippen molar-refractivity contribution in [2.24, 2.45) is 5.41 Å². The van der Waals surface area contributed by atoms with Crippen LogP contribution in [0.4, 0.5) is 0 Å². The normalized spacial score (nSPS) is 28.2. The second-order valence-corrected chi connectivity index (χ2v) is 6.46. The largest absolute Gasteiger partial charge is 0.316 e. The summed E-state index contributed by atoms with van der Waals surface area (Å²) < 4.78 is 0. The van der Waals surface area contributed by atoms with Crippen LogP contribution in [0.5, 0.6) is 0 Å². The first-order valence-corrected chi connectivity index (χ1v) is 8.12. The first-order chi connectivity index (χ1) is 8.41. The van der Waals surface area contributed by atoms with Gasteiger partial charge in [-0.1, -0.05) is 57.8 Å². The Labute approximate surface area is 108 Å². The van der Waals surface area contributed by atoms with Crippen LogP contribution in [0.2, 0.25) is 0 Å². The summed E-state index contributed by atoms with van der Waals surface area (Å²) in [6, 6.07) is 0. The summed E-state index contributed by atoms with van der Waals surface area (Å²) in [7, 11) is 0. The molecule has 0 bridgehead atoms. The van der Waals surface area contributed by atoms with E-state index < -0.39 is 0 Å². The van der Waals surface area contributed by atoms with Crippen molar-refractivity contribution in [2.75, 3.05) is 13.1 Å². The van der Waals surface area contributed by atoms with Crippen LogP contribution in [0.25, 0.3) is 0 Å². The molecule has 0 aromatic rings. The minimum atomic E-state index is 0.692. The molecule has 0 atom stereocenters. The summed E-state index contributed by atoms with van der Waals surface area (Å²) in [5.74, 6) is 0. The Morgan fingerprint density at radius 2 is 1.00 bits per heavy atom. The van der Waals surface area contributed by atoms with Gasteiger partial charge in [-0.05, 0) is 37.6 Å². The summed E-state index contributed by atoms with van der Waals surface area (Å²) in [5.41, 5.74) is 0.692. The van der Waals surface area contributed by atoms with Crippen LogP contribution >= 0.6 is 0 Å². The minimum absolute atomic E-state index is 0.692. The van der Waals surface area contributed by atoms with Crippen molar-refractivity contribution in [3.8, 4) is 0 Å². The van der Waals surface area contributed by atoms with Gasteiger partial charge in [-0.3, -0.25) is 0 Å². The van der Waals surface area contributed by atoms with E-state index in [4.69, 9.17) is 0 Å². The average molecular weight is 237 g/mol. The maximum absolute atomic E-state index is 3.66. The van der Waals surface area contributed by atoms with Gasteiger partial charge in [0.15, 0.2) is 0 Å². The molecule has 1 aliphatic heterocycles. The lowest BCUT2D eigenvalue weighted by Gasteiger charge is -2.38. The molecule has 2 rings (SSSR count). The molecule has 0 aromatic carbocycles. The van der Waals surface area contributed by atoms with Gasteiger partial charge >= 0.3 is 0 Å². The summed E-state index contributed by atoms with van der Waals surface area (Å²) in [4.78, 5) is 0. The second-order valence-electron chi connectivity index (χ2n) is 6.46. The maximum Gasteiger partial charge on any atom is 0.000781 e. The third-order valence-corrected chi connectivity index (χ3v) is 4.97. The summed E-state index contributed by atoms with van der Waals surface area (Å²) in [5, 5.41) is 3.66. The zero-order valence-electron chi connectivity index (χ0n) is 11.6. The Hall–Kier alpha value is -0.0400. The van der Waals surface area contributed by atoms with Gasteiger partial charge in [0, 0.05) is 6.54 Å². The van der Waals surface area contributed by atoms with Gasteiger partial charge in [0.2, 0.25) is 0 Å². The van der Waals surface area contributed by atoms with Crippen LogP contribution in [-0.2, 0) is 0 Å². The van der Waals surface area contributed by atoms with Gasteiger partial charge in [-0.25, -0.2) is 0 Å². The third-order valence-electron chi connectivity index (χ3n) is 4.97. The van der Waals surface area contributed by atoms with E-state index in [-0.39, 0.29) is 0 Å². The molecule has 0 aromatic heterocycles. The Morgan fingerprint density at radius 1 is 0.529 bits per heavy atom. The van der Waals surface area contributed by atoms with E-state index >= 15 is 0 Å². The predicted octanol–water partition coefficient (Wildman–Crippen LogP) is 4.66. The first-order valence-electron chi connectivity index (χ1n) is 8.12. The van der Waals surface area contributed by atoms with Crippen molar-refractivity contribution in [3.05, 3.63) is 0 Å². The van der Waals surface area contributed by atoms with E-state index in [1.807, 2.05) is 0 Å². The van der Waals surface area contributed by atoms with Gasteiger partial charge in [0.05, 0.1) is 0 Å². The molecule has 1 N–H and O–H groups in total. The fourth-order valence-corrected chi connectivity index (χ4v) is 3.82. The topological polar surface area (TPSA) is 12.0 Å². The molecule has 1 heterocycles. The molecular weight excluding hydrogens is 206 g/mol. The lowest BCUT2D eigenvalue weighted by molar-refractivity contribution is 0.163. The highest BCUT2D eigenvalue weighted by molar-refractivity contribution is 4.85. The smallest absolute Gasteiger partial charge is 0.000781 e. The average Bonchev–Trinajstić information content (AvgIpc) is 2.35. The van der Waals surface area contributed by atoms with Crippen LogP contribution < -0.4 is 5.32 Å². The number of hydrogen-bond acceptors (Lipinski definition) is 1. The molecule has 1 spiro atoms. The van der Waals surface area contributed by atoms with Crippen LogP contribution in [0.1, 0.15) is 83.5 Å². The molecule has 1 aliphatic carbocycles. The lowest BCUT2D eigenvalue weighted by Crippen LogP contribution is -2.40. The fourth-order valence-electron chi connectivity index (χ4n) is 3.82. The molecule has 0 amide bonds. The summed E-state index contributed by atoms with van der Waals surface area (Å²) in [6.45, 7) is 2.58. The fraction of sp³-hybridized carbons (Fsp3) is 1.00. The molecule has 1 saturated carbocycles. The number of hydrogen-bond donors (Lipinski definition) is 1. The minimum Gasteiger partial charge on any atom is -0.316 e. The molecule has 2 aliphatic rings. The van der Waals surface area contributed by atoms with Crippen molar-refractivity contribution in [1.29, 1.82) is 0 Å². The highest BCUT2D eigenvalue weighted by atomic mass is 14.9. The van der Waals surface area contributed by atoms with Crippen LogP contribution in [-0.4, -0.2) is 13.1 Å². The van der Waals surface area contributed by atoms with Gasteiger partial charge in [0.25, 0.3) is 0 Å². The van der Waals surface area contributed by atoms with E-state index in [0.29, 0.717) is 5.41 Å². The Kier molecular flexibility index (Phi) is 5.84. The van der Waals surface area contributed by atoms with E-state index in [0.717, 1.165) is 0 Å². The molecule has 1 nitrogen and oxygen atoms in total. The Balaban J connectivity index is 1.83. The first kappa shape index (κ1) is 13.4. The van der Waals surface area contributed by atoms with Crippen LogP contribution in [0.3, 0.4) is 0 Å². The van der Waals surface area contributed by atoms with Crippen molar-refractivity contribution in [2.45, 2.75) is 83.5 Å². The molecular formula is C16H31N. The van der Waals surface area contributed by atoms with Crippen molar-refractivity contribution < 1.29 is 0 Å². The van der Waals surface area contributed by atoms with E-state index in [1.54, 1.807) is 0 Å². The maximum atomic E-state index is 3.66.